The number of ether oxygens (including phenoxy) is 1. The van der Waals surface area contributed by atoms with Crippen molar-refractivity contribution in [2.24, 2.45) is 0 Å². The Kier molecular flexibility index (Phi) is 6.59. The van der Waals surface area contributed by atoms with Crippen molar-refractivity contribution >= 4 is 38.1 Å². The van der Waals surface area contributed by atoms with E-state index in [4.69, 9.17) is 16.3 Å². The van der Waals surface area contributed by atoms with E-state index in [0.29, 0.717) is 19.2 Å². The molecule has 1 aliphatic rings. The third-order valence-electron chi connectivity index (χ3n) is 5.26. The monoisotopic (exact) mass is 517 g/mol. The normalized spacial score (nSPS) is 15.6. The number of hydrogen-bond acceptors (Lipinski definition) is 6. The fourth-order valence-corrected chi connectivity index (χ4v) is 6.25. The van der Waals surface area contributed by atoms with Gasteiger partial charge in [0.15, 0.2) is 5.13 Å². The van der Waals surface area contributed by atoms with E-state index < -0.39 is 26.7 Å². The van der Waals surface area contributed by atoms with Crippen LogP contribution in [-0.2, 0) is 16.2 Å². The minimum atomic E-state index is -4.67. The van der Waals surface area contributed by atoms with E-state index in [1.807, 2.05) is 34.5 Å². The highest BCUT2D eigenvalue weighted by atomic mass is 35.5. The number of methoxy groups -OCH3 is 1. The van der Waals surface area contributed by atoms with Gasteiger partial charge >= 0.3 is 6.18 Å². The maximum Gasteiger partial charge on any atom is 0.416 e. The Morgan fingerprint density at radius 2 is 1.73 bits per heavy atom. The van der Waals surface area contributed by atoms with Gasteiger partial charge in [-0.2, -0.15) is 17.5 Å². The fraction of sp³-hybridized carbons (Fsp3) is 0.286. The quantitative estimate of drug-likeness (QED) is 0.476. The molecule has 12 heteroatoms. The minimum absolute atomic E-state index is 0.104. The van der Waals surface area contributed by atoms with Gasteiger partial charge in [-0.25, -0.2) is 13.4 Å². The predicted molar refractivity (Wildman–Crippen MR) is 122 cm³/mol. The third-order valence-corrected chi connectivity index (χ3v) is 8.54. The van der Waals surface area contributed by atoms with Crippen LogP contribution in [0.1, 0.15) is 5.56 Å². The second kappa shape index (κ2) is 9.13. The lowest BCUT2D eigenvalue weighted by atomic mass is 10.2. The van der Waals surface area contributed by atoms with Gasteiger partial charge in [-0.1, -0.05) is 11.6 Å². The molecule has 0 N–H and O–H groups in total. The van der Waals surface area contributed by atoms with Crippen molar-refractivity contribution in [3.63, 3.8) is 0 Å². The lowest BCUT2D eigenvalue weighted by Gasteiger charge is -2.34. The van der Waals surface area contributed by atoms with E-state index in [9.17, 15) is 21.6 Å². The second-order valence-electron chi connectivity index (χ2n) is 7.28. The Labute approximate surface area is 198 Å². The largest absolute Gasteiger partial charge is 0.497 e. The average Bonchev–Trinajstić information content (AvgIpc) is 3.29. The molecule has 2 heterocycles. The second-order valence-corrected chi connectivity index (χ2v) is 10.4. The van der Waals surface area contributed by atoms with Crippen molar-refractivity contribution in [3.8, 4) is 17.0 Å². The van der Waals surface area contributed by atoms with Gasteiger partial charge in [-0.05, 0) is 42.5 Å². The van der Waals surface area contributed by atoms with Gasteiger partial charge in [0, 0.05) is 37.1 Å². The summed E-state index contributed by atoms with van der Waals surface area (Å²) in [4.78, 5) is 6.06. The van der Waals surface area contributed by atoms with Crippen molar-refractivity contribution in [2.45, 2.75) is 11.1 Å². The number of anilines is 1. The van der Waals surface area contributed by atoms with Crippen LogP contribution in [0.25, 0.3) is 11.3 Å². The van der Waals surface area contributed by atoms with Crippen molar-refractivity contribution < 1.29 is 26.3 Å². The van der Waals surface area contributed by atoms with Crippen LogP contribution in [0, 0.1) is 0 Å². The molecule has 0 bridgehead atoms. The number of nitrogens with zero attached hydrogens (tertiary/aromatic N) is 3. The van der Waals surface area contributed by atoms with Crippen molar-refractivity contribution in [1.29, 1.82) is 0 Å². The van der Waals surface area contributed by atoms with Crippen LogP contribution in [0.5, 0.6) is 5.75 Å². The molecule has 0 unspecified atom stereocenters. The van der Waals surface area contributed by atoms with Crippen LogP contribution in [0.2, 0.25) is 5.02 Å². The molecule has 0 atom stereocenters. The highest BCUT2D eigenvalue weighted by Gasteiger charge is 2.35. The molecule has 0 spiro atoms. The van der Waals surface area contributed by atoms with Crippen molar-refractivity contribution in [3.05, 3.63) is 58.4 Å². The number of piperazine rings is 1. The van der Waals surface area contributed by atoms with Gasteiger partial charge in [-0.15, -0.1) is 11.3 Å². The maximum absolute atomic E-state index is 13.1. The Bertz CT molecular complexity index is 1240. The maximum atomic E-state index is 13.1. The van der Waals surface area contributed by atoms with Crippen LogP contribution >= 0.6 is 22.9 Å². The number of benzene rings is 2. The van der Waals surface area contributed by atoms with E-state index in [2.05, 4.69) is 4.98 Å². The Morgan fingerprint density at radius 1 is 1.06 bits per heavy atom. The van der Waals surface area contributed by atoms with Gasteiger partial charge in [0.1, 0.15) is 10.6 Å². The van der Waals surface area contributed by atoms with Gasteiger partial charge in [0.25, 0.3) is 0 Å². The molecule has 33 heavy (non-hydrogen) atoms. The molecule has 2 aromatic carbocycles. The summed E-state index contributed by atoms with van der Waals surface area (Å²) >= 11 is 7.40. The molecule has 0 aliphatic carbocycles. The molecule has 1 saturated heterocycles. The average molecular weight is 518 g/mol. The summed E-state index contributed by atoms with van der Waals surface area (Å²) in [6.07, 6.45) is -4.67. The molecule has 3 aromatic rings. The van der Waals surface area contributed by atoms with E-state index in [0.717, 1.165) is 38.6 Å². The molecule has 4 rings (SSSR count). The summed E-state index contributed by atoms with van der Waals surface area (Å²) in [7, 11) is -2.59. The van der Waals surface area contributed by atoms with Crippen LogP contribution in [0.3, 0.4) is 0 Å². The van der Waals surface area contributed by atoms with Crippen LogP contribution < -0.4 is 9.64 Å². The lowest BCUT2D eigenvalue weighted by molar-refractivity contribution is -0.137. The fourth-order valence-electron chi connectivity index (χ4n) is 3.44. The molecule has 1 aromatic heterocycles. The summed E-state index contributed by atoms with van der Waals surface area (Å²) in [6, 6.07) is 9.81. The number of hydrogen-bond donors (Lipinski definition) is 0. The molecule has 0 radical (unpaired) electrons. The molecule has 1 aliphatic heterocycles. The molecule has 0 saturated carbocycles. The molecular weight excluding hydrogens is 499 g/mol. The first-order valence-corrected chi connectivity index (χ1v) is 12.5. The zero-order valence-corrected chi connectivity index (χ0v) is 19.7. The van der Waals surface area contributed by atoms with Gasteiger partial charge in [-0.3, -0.25) is 0 Å². The highest BCUT2D eigenvalue weighted by molar-refractivity contribution is 7.89. The summed E-state index contributed by atoms with van der Waals surface area (Å²) in [6.45, 7) is 0.912. The number of thiazole rings is 1. The molecule has 6 nitrogen and oxygen atoms in total. The first kappa shape index (κ1) is 23.8. The van der Waals surface area contributed by atoms with E-state index in [1.165, 1.54) is 11.3 Å². The summed E-state index contributed by atoms with van der Waals surface area (Å²) < 4.78 is 71.5. The van der Waals surface area contributed by atoms with Gasteiger partial charge < -0.3 is 9.64 Å². The third kappa shape index (κ3) is 4.96. The summed E-state index contributed by atoms with van der Waals surface area (Å²) in [5.41, 5.74) is 0.667. The molecule has 176 valence electrons. The van der Waals surface area contributed by atoms with Crippen molar-refractivity contribution in [2.75, 3.05) is 38.2 Å². The highest BCUT2D eigenvalue weighted by Crippen LogP contribution is 2.35. The Morgan fingerprint density at radius 3 is 2.33 bits per heavy atom. The zero-order chi connectivity index (χ0) is 23.8. The van der Waals surface area contributed by atoms with E-state index >= 15 is 0 Å². The van der Waals surface area contributed by atoms with E-state index in [1.54, 1.807) is 7.11 Å². The topological polar surface area (TPSA) is 62.7 Å². The number of aromatic nitrogens is 1. The Hall–Kier alpha value is -2.34. The van der Waals surface area contributed by atoms with Gasteiger partial charge in [0.2, 0.25) is 10.0 Å². The first-order chi connectivity index (χ1) is 15.6. The number of rotatable bonds is 5. The van der Waals surface area contributed by atoms with Gasteiger partial charge in [0.05, 0.1) is 23.4 Å². The summed E-state index contributed by atoms with van der Waals surface area (Å²) in [5.74, 6) is 0.743. The molecule has 1 fully saturated rings. The number of halogens is 4. The van der Waals surface area contributed by atoms with Crippen LogP contribution in [-0.4, -0.2) is 51.0 Å². The van der Waals surface area contributed by atoms with Crippen LogP contribution in [0.4, 0.5) is 18.3 Å². The number of sulfonamides is 1. The number of alkyl halides is 3. The SMILES string of the molecule is COc1ccc(-c2csc(N3CCN(S(=O)(=O)c4cc(C(F)(F)F)ccc4Cl)CC3)n2)cc1. The van der Waals surface area contributed by atoms with Crippen LogP contribution in [0.15, 0.2) is 52.7 Å². The standard InChI is InChI=1S/C21H19ClF3N3O3S2/c1-31-16-5-2-14(3-6-16)18-13-32-20(26-18)27-8-10-28(11-9-27)33(29,30)19-12-15(21(23,24)25)4-7-17(19)22/h2-7,12-13H,8-11H2,1H3. The summed E-state index contributed by atoms with van der Waals surface area (Å²) in [5, 5.41) is 2.42. The molecule has 0 amide bonds. The smallest absolute Gasteiger partial charge is 0.416 e. The zero-order valence-electron chi connectivity index (χ0n) is 17.3. The first-order valence-electron chi connectivity index (χ1n) is 9.81. The Balaban J connectivity index is 1.47. The predicted octanol–water partition coefficient (Wildman–Crippen LogP) is 5.00. The molecular formula is C21H19ClF3N3O3S2. The van der Waals surface area contributed by atoms with E-state index in [-0.39, 0.29) is 18.1 Å². The minimum Gasteiger partial charge on any atom is -0.497 e. The lowest BCUT2D eigenvalue weighted by Crippen LogP contribution is -2.48. The van der Waals surface area contributed by atoms with Crippen molar-refractivity contribution in [1.82, 2.24) is 9.29 Å².